The van der Waals surface area contributed by atoms with Crippen LogP contribution in [0.2, 0.25) is 0 Å². The van der Waals surface area contributed by atoms with Gasteiger partial charge in [0.2, 0.25) is 0 Å². The number of rotatable bonds is 2. The Kier molecular flexibility index (Phi) is 2.67. The highest BCUT2D eigenvalue weighted by Crippen LogP contribution is 2.20. The average molecular weight is 219 g/mol. The topological polar surface area (TPSA) is 67.2 Å². The summed E-state index contributed by atoms with van der Waals surface area (Å²) in [6.45, 7) is 0. The zero-order chi connectivity index (χ0) is 10.8. The molecule has 0 unspecified atom stereocenters. The van der Waals surface area contributed by atoms with Crippen molar-refractivity contribution >= 4 is 10.5 Å². The van der Waals surface area contributed by atoms with Gasteiger partial charge in [-0.3, -0.25) is 0 Å². The molecule has 14 heavy (non-hydrogen) atoms. The van der Waals surface area contributed by atoms with Crippen LogP contribution in [-0.4, -0.2) is 8.42 Å². The summed E-state index contributed by atoms with van der Waals surface area (Å²) in [5.74, 6) is -1.91. The van der Waals surface area contributed by atoms with E-state index in [9.17, 15) is 16.7 Å². The van der Waals surface area contributed by atoms with Crippen LogP contribution in [-0.2, 0) is 10.5 Å². The molecular formula is C7H3F2NO3S. The normalized spacial score (nSPS) is 10.6. The lowest BCUT2D eigenvalue weighted by atomic mass is 10.2. The van der Waals surface area contributed by atoms with Crippen LogP contribution >= 0.6 is 0 Å². The zero-order valence-electron chi connectivity index (χ0n) is 6.57. The second-order valence-corrected chi connectivity index (χ2v) is 3.19. The van der Waals surface area contributed by atoms with Gasteiger partial charge in [-0.05, 0) is 12.1 Å². The van der Waals surface area contributed by atoms with Crippen LogP contribution in [0.3, 0.4) is 0 Å². The van der Waals surface area contributed by atoms with Crippen LogP contribution in [0.25, 0.3) is 0 Å². The molecule has 0 aromatic heterocycles. The SMILES string of the molecule is N#Cc1ccc(F)c(OS(=O)(=O)F)c1. The van der Waals surface area contributed by atoms with E-state index in [1.807, 2.05) is 0 Å². The molecule has 0 amide bonds. The first-order chi connectivity index (χ1) is 6.42. The van der Waals surface area contributed by atoms with Crippen molar-refractivity contribution in [3.63, 3.8) is 0 Å². The van der Waals surface area contributed by atoms with E-state index in [4.69, 9.17) is 5.26 Å². The first-order valence-corrected chi connectivity index (χ1v) is 4.57. The molecule has 1 aromatic rings. The van der Waals surface area contributed by atoms with Crippen LogP contribution in [0.5, 0.6) is 5.75 Å². The Balaban J connectivity index is 3.15. The van der Waals surface area contributed by atoms with Gasteiger partial charge in [-0.25, -0.2) is 4.39 Å². The molecule has 0 aliphatic carbocycles. The Morgan fingerprint density at radius 3 is 2.57 bits per heavy atom. The van der Waals surface area contributed by atoms with Gasteiger partial charge < -0.3 is 4.18 Å². The molecule has 4 nitrogen and oxygen atoms in total. The van der Waals surface area contributed by atoms with Gasteiger partial charge in [-0.1, -0.05) is 3.89 Å². The van der Waals surface area contributed by atoms with Crippen LogP contribution < -0.4 is 4.18 Å². The summed E-state index contributed by atoms with van der Waals surface area (Å²) in [5, 5.41) is 8.38. The molecular weight excluding hydrogens is 216 g/mol. The highest BCUT2D eigenvalue weighted by molar-refractivity contribution is 7.81. The quantitative estimate of drug-likeness (QED) is 0.703. The summed E-state index contributed by atoms with van der Waals surface area (Å²) >= 11 is 0. The average Bonchev–Trinajstić information content (AvgIpc) is 2.06. The maximum Gasteiger partial charge on any atom is 0.488 e. The number of halogens is 2. The Hall–Kier alpha value is -1.68. The van der Waals surface area contributed by atoms with Gasteiger partial charge in [0, 0.05) is 6.07 Å². The molecule has 0 heterocycles. The van der Waals surface area contributed by atoms with Crippen molar-refractivity contribution in [1.82, 2.24) is 0 Å². The second-order valence-electron chi connectivity index (χ2n) is 2.23. The van der Waals surface area contributed by atoms with E-state index in [0.717, 1.165) is 18.2 Å². The lowest BCUT2D eigenvalue weighted by Gasteiger charge is -2.00. The van der Waals surface area contributed by atoms with E-state index >= 15 is 0 Å². The summed E-state index contributed by atoms with van der Waals surface area (Å²) in [4.78, 5) is 0. The molecule has 0 aliphatic heterocycles. The smallest absolute Gasteiger partial charge is 0.355 e. The highest BCUT2D eigenvalue weighted by Gasteiger charge is 2.14. The monoisotopic (exact) mass is 219 g/mol. The fourth-order valence-corrected chi connectivity index (χ4v) is 1.09. The first kappa shape index (κ1) is 10.4. The molecule has 7 heteroatoms. The molecule has 0 atom stereocenters. The molecule has 0 saturated carbocycles. The molecule has 1 rings (SSSR count). The Bertz CT molecular complexity index is 492. The summed E-state index contributed by atoms with van der Waals surface area (Å²) in [6, 6.07) is 4.31. The van der Waals surface area contributed by atoms with Crippen molar-refractivity contribution in [2.24, 2.45) is 0 Å². The van der Waals surface area contributed by atoms with Crippen LogP contribution in [0.4, 0.5) is 8.28 Å². The van der Waals surface area contributed by atoms with Crippen molar-refractivity contribution < 1.29 is 20.9 Å². The second kappa shape index (κ2) is 3.59. The molecule has 0 saturated heterocycles. The van der Waals surface area contributed by atoms with Crippen molar-refractivity contribution in [1.29, 1.82) is 5.26 Å². The van der Waals surface area contributed by atoms with Gasteiger partial charge in [-0.15, -0.1) is 0 Å². The third-order valence-electron chi connectivity index (χ3n) is 1.25. The molecule has 0 radical (unpaired) electrons. The maximum absolute atomic E-state index is 12.8. The minimum Gasteiger partial charge on any atom is -0.355 e. The molecule has 0 fully saturated rings. The number of benzene rings is 1. The number of nitrogens with zero attached hydrogens (tertiary/aromatic N) is 1. The molecule has 0 bridgehead atoms. The fraction of sp³-hybridized carbons (Fsp3) is 0. The minimum atomic E-state index is -5.27. The van der Waals surface area contributed by atoms with Gasteiger partial charge in [0.15, 0.2) is 11.6 Å². The van der Waals surface area contributed by atoms with Crippen LogP contribution in [0, 0.1) is 17.1 Å². The number of hydrogen-bond acceptors (Lipinski definition) is 4. The van der Waals surface area contributed by atoms with Crippen LogP contribution in [0.15, 0.2) is 18.2 Å². The molecule has 0 N–H and O–H groups in total. The Labute approximate surface area is 78.8 Å². The van der Waals surface area contributed by atoms with Crippen molar-refractivity contribution in [2.75, 3.05) is 0 Å². The summed E-state index contributed by atoms with van der Waals surface area (Å²) in [7, 11) is -5.27. The lowest BCUT2D eigenvalue weighted by molar-refractivity contribution is 0.423. The van der Waals surface area contributed by atoms with E-state index in [1.165, 1.54) is 0 Å². The maximum atomic E-state index is 12.8. The summed E-state index contributed by atoms with van der Waals surface area (Å²) in [5.41, 5.74) is -0.0370. The van der Waals surface area contributed by atoms with Crippen molar-refractivity contribution in [2.45, 2.75) is 0 Å². The third-order valence-corrected chi connectivity index (χ3v) is 1.63. The molecule has 0 aliphatic rings. The predicted molar refractivity (Wildman–Crippen MR) is 41.8 cm³/mol. The summed E-state index contributed by atoms with van der Waals surface area (Å²) < 4.78 is 48.4. The van der Waals surface area contributed by atoms with E-state index in [-0.39, 0.29) is 5.56 Å². The number of nitriles is 1. The highest BCUT2D eigenvalue weighted by atomic mass is 32.3. The summed E-state index contributed by atoms with van der Waals surface area (Å²) in [6.07, 6.45) is 0. The lowest BCUT2D eigenvalue weighted by Crippen LogP contribution is -2.03. The minimum absolute atomic E-state index is 0.0370. The van der Waals surface area contributed by atoms with E-state index in [1.54, 1.807) is 6.07 Å². The molecule has 1 aromatic carbocycles. The van der Waals surface area contributed by atoms with E-state index < -0.39 is 22.1 Å². The van der Waals surface area contributed by atoms with Gasteiger partial charge >= 0.3 is 10.5 Å². The van der Waals surface area contributed by atoms with E-state index in [0.29, 0.717) is 0 Å². The molecule has 0 spiro atoms. The standard InChI is InChI=1S/C7H3F2NO3S/c8-6-2-1-5(4-10)3-7(6)13-14(9,11)12/h1-3H. The van der Waals surface area contributed by atoms with Gasteiger partial charge in [0.25, 0.3) is 0 Å². The zero-order valence-corrected chi connectivity index (χ0v) is 7.38. The van der Waals surface area contributed by atoms with E-state index in [2.05, 4.69) is 4.18 Å². The fourth-order valence-electron chi connectivity index (χ4n) is 0.744. The Morgan fingerprint density at radius 2 is 2.07 bits per heavy atom. The predicted octanol–water partition coefficient (Wildman–Crippen LogP) is 1.29. The van der Waals surface area contributed by atoms with Gasteiger partial charge in [0.05, 0.1) is 11.6 Å². The first-order valence-electron chi connectivity index (χ1n) is 3.26. The van der Waals surface area contributed by atoms with Crippen molar-refractivity contribution in [3.8, 4) is 11.8 Å². The molecule has 74 valence electrons. The van der Waals surface area contributed by atoms with Gasteiger partial charge in [0.1, 0.15) is 0 Å². The Morgan fingerprint density at radius 1 is 1.43 bits per heavy atom. The van der Waals surface area contributed by atoms with Crippen LogP contribution in [0.1, 0.15) is 5.56 Å². The largest absolute Gasteiger partial charge is 0.488 e. The van der Waals surface area contributed by atoms with Crippen molar-refractivity contribution in [3.05, 3.63) is 29.6 Å². The number of hydrogen-bond donors (Lipinski definition) is 0. The van der Waals surface area contributed by atoms with Gasteiger partial charge in [-0.2, -0.15) is 13.7 Å². The third kappa shape index (κ3) is 2.67.